The SMILES string of the molecule is COc1ccc(NCC(=O)Nc2cc(S(=O)(=O)N(C)C)ccc2C)cc1Cl. The Balaban J connectivity index is 2.08. The molecule has 2 rings (SSSR count). The summed E-state index contributed by atoms with van der Waals surface area (Å²) in [7, 11) is 0.855. The van der Waals surface area contributed by atoms with E-state index in [9.17, 15) is 13.2 Å². The number of nitrogens with one attached hydrogen (secondary N) is 2. The summed E-state index contributed by atoms with van der Waals surface area (Å²) in [5, 5.41) is 6.12. The summed E-state index contributed by atoms with van der Waals surface area (Å²) < 4.78 is 30.7. The molecule has 2 N–H and O–H groups in total. The summed E-state index contributed by atoms with van der Waals surface area (Å²) in [4.78, 5) is 12.4. The van der Waals surface area contributed by atoms with E-state index in [1.54, 1.807) is 31.2 Å². The van der Waals surface area contributed by atoms with E-state index in [2.05, 4.69) is 10.6 Å². The lowest BCUT2D eigenvalue weighted by atomic mass is 10.2. The van der Waals surface area contributed by atoms with E-state index in [0.29, 0.717) is 22.1 Å². The highest BCUT2D eigenvalue weighted by Crippen LogP contribution is 2.27. The minimum atomic E-state index is -3.58. The maximum absolute atomic E-state index is 12.3. The van der Waals surface area contributed by atoms with Gasteiger partial charge in [-0.05, 0) is 42.8 Å². The van der Waals surface area contributed by atoms with Gasteiger partial charge in [0.2, 0.25) is 15.9 Å². The maximum Gasteiger partial charge on any atom is 0.243 e. The summed E-state index contributed by atoms with van der Waals surface area (Å²) in [6.07, 6.45) is 0. The number of carbonyl (C=O) groups excluding carboxylic acids is 1. The number of aryl methyl sites for hydroxylation is 1. The molecular weight excluding hydrogens is 390 g/mol. The fourth-order valence-electron chi connectivity index (χ4n) is 2.26. The number of methoxy groups -OCH3 is 1. The van der Waals surface area contributed by atoms with Crippen LogP contribution in [0.15, 0.2) is 41.3 Å². The molecule has 0 heterocycles. The van der Waals surface area contributed by atoms with Crippen molar-refractivity contribution in [1.29, 1.82) is 0 Å². The van der Waals surface area contributed by atoms with Crippen LogP contribution in [0.3, 0.4) is 0 Å². The zero-order valence-corrected chi connectivity index (χ0v) is 17.1. The van der Waals surface area contributed by atoms with Gasteiger partial charge in [0.15, 0.2) is 0 Å². The van der Waals surface area contributed by atoms with Gasteiger partial charge in [-0.15, -0.1) is 0 Å². The van der Waals surface area contributed by atoms with E-state index in [1.165, 1.54) is 33.3 Å². The molecular formula is C18H22ClN3O4S. The Labute approximate surface area is 164 Å². The summed E-state index contributed by atoms with van der Waals surface area (Å²) >= 11 is 6.05. The van der Waals surface area contributed by atoms with E-state index in [4.69, 9.17) is 16.3 Å². The molecule has 2 aromatic carbocycles. The first kappa shape index (κ1) is 21.0. The van der Waals surface area contributed by atoms with Crippen LogP contribution in [-0.4, -0.2) is 46.4 Å². The lowest BCUT2D eigenvalue weighted by Crippen LogP contribution is -2.24. The van der Waals surface area contributed by atoms with Gasteiger partial charge >= 0.3 is 0 Å². The Hall–Kier alpha value is -2.29. The second-order valence-corrected chi connectivity index (χ2v) is 8.57. The molecule has 0 aliphatic heterocycles. The fourth-order valence-corrected chi connectivity index (χ4v) is 3.45. The van der Waals surface area contributed by atoms with Gasteiger partial charge in [0.05, 0.1) is 23.6 Å². The first-order valence-electron chi connectivity index (χ1n) is 8.05. The summed E-state index contributed by atoms with van der Waals surface area (Å²) in [5.74, 6) is 0.227. The molecule has 0 aliphatic carbocycles. The topological polar surface area (TPSA) is 87.7 Å². The second-order valence-electron chi connectivity index (χ2n) is 6.02. The number of ether oxygens (including phenoxy) is 1. The van der Waals surface area contributed by atoms with E-state index in [1.807, 2.05) is 0 Å². The molecule has 0 atom stereocenters. The van der Waals surface area contributed by atoms with Crippen molar-refractivity contribution in [1.82, 2.24) is 4.31 Å². The van der Waals surface area contributed by atoms with Crippen LogP contribution in [0.1, 0.15) is 5.56 Å². The number of nitrogens with zero attached hydrogens (tertiary/aromatic N) is 1. The van der Waals surface area contributed by atoms with E-state index in [0.717, 1.165) is 9.87 Å². The van der Waals surface area contributed by atoms with Gasteiger partial charge in [0.1, 0.15) is 5.75 Å². The van der Waals surface area contributed by atoms with Gasteiger partial charge in [0, 0.05) is 25.5 Å². The minimum absolute atomic E-state index is 0.00719. The first-order chi connectivity index (χ1) is 12.6. The number of carbonyl (C=O) groups is 1. The van der Waals surface area contributed by atoms with Crippen molar-refractivity contribution >= 4 is 38.9 Å². The lowest BCUT2D eigenvalue weighted by Gasteiger charge is -2.15. The lowest BCUT2D eigenvalue weighted by molar-refractivity contribution is -0.114. The number of hydrogen-bond acceptors (Lipinski definition) is 5. The molecule has 0 fully saturated rings. The zero-order chi connectivity index (χ0) is 20.2. The monoisotopic (exact) mass is 411 g/mol. The number of sulfonamides is 1. The molecule has 0 radical (unpaired) electrons. The quantitative estimate of drug-likeness (QED) is 0.731. The van der Waals surface area contributed by atoms with Crippen molar-refractivity contribution < 1.29 is 17.9 Å². The molecule has 7 nitrogen and oxygen atoms in total. The third kappa shape index (κ3) is 5.12. The molecule has 1 amide bonds. The largest absolute Gasteiger partial charge is 0.495 e. The molecule has 146 valence electrons. The number of benzene rings is 2. The molecule has 0 aromatic heterocycles. The predicted molar refractivity (Wildman–Crippen MR) is 107 cm³/mol. The number of anilines is 2. The predicted octanol–water partition coefficient (Wildman–Crippen LogP) is 2.96. The van der Waals surface area contributed by atoms with Crippen LogP contribution in [0.2, 0.25) is 5.02 Å². The first-order valence-corrected chi connectivity index (χ1v) is 9.87. The van der Waals surface area contributed by atoms with E-state index < -0.39 is 10.0 Å². The summed E-state index contributed by atoms with van der Waals surface area (Å²) in [6.45, 7) is 1.78. The number of hydrogen-bond donors (Lipinski definition) is 2. The Morgan fingerprint density at radius 2 is 1.89 bits per heavy atom. The third-order valence-electron chi connectivity index (χ3n) is 3.87. The van der Waals surface area contributed by atoms with Crippen LogP contribution < -0.4 is 15.4 Å². The Morgan fingerprint density at radius 3 is 2.48 bits per heavy atom. The van der Waals surface area contributed by atoms with Crippen LogP contribution in [0.4, 0.5) is 11.4 Å². The standard InChI is InChI=1S/C18H22ClN3O4S/c1-12-5-7-14(27(24,25)22(2)3)10-16(12)21-18(23)11-20-13-6-8-17(26-4)15(19)9-13/h5-10,20H,11H2,1-4H3,(H,21,23). The molecule has 0 saturated carbocycles. The average Bonchev–Trinajstić information content (AvgIpc) is 2.61. The molecule has 0 spiro atoms. The number of halogens is 1. The van der Waals surface area contributed by atoms with Crippen LogP contribution in [0.25, 0.3) is 0 Å². The molecule has 0 unspecified atom stereocenters. The third-order valence-corrected chi connectivity index (χ3v) is 5.97. The van der Waals surface area contributed by atoms with Crippen LogP contribution in [0.5, 0.6) is 5.75 Å². The van der Waals surface area contributed by atoms with Crippen molar-refractivity contribution in [2.75, 3.05) is 38.4 Å². The van der Waals surface area contributed by atoms with Crippen molar-refractivity contribution in [3.05, 3.63) is 47.0 Å². The number of amides is 1. The van der Waals surface area contributed by atoms with Gasteiger partial charge in [-0.2, -0.15) is 0 Å². The molecule has 0 saturated heterocycles. The summed E-state index contributed by atoms with van der Waals surface area (Å²) in [6, 6.07) is 9.71. The fraction of sp³-hybridized carbons (Fsp3) is 0.278. The van der Waals surface area contributed by atoms with Gasteiger partial charge < -0.3 is 15.4 Å². The Kier molecular flexibility index (Phi) is 6.69. The van der Waals surface area contributed by atoms with Gasteiger partial charge in [-0.25, -0.2) is 12.7 Å². The average molecular weight is 412 g/mol. The van der Waals surface area contributed by atoms with Crippen LogP contribution in [0, 0.1) is 6.92 Å². The second kappa shape index (κ2) is 8.60. The van der Waals surface area contributed by atoms with Gasteiger partial charge in [0.25, 0.3) is 0 Å². The molecule has 27 heavy (non-hydrogen) atoms. The smallest absolute Gasteiger partial charge is 0.243 e. The number of rotatable bonds is 7. The molecule has 9 heteroatoms. The van der Waals surface area contributed by atoms with Crippen molar-refractivity contribution in [3.8, 4) is 5.75 Å². The van der Waals surface area contributed by atoms with Gasteiger partial charge in [-0.3, -0.25) is 4.79 Å². The molecule has 0 bridgehead atoms. The van der Waals surface area contributed by atoms with Crippen LogP contribution >= 0.6 is 11.6 Å². The Morgan fingerprint density at radius 1 is 1.19 bits per heavy atom. The van der Waals surface area contributed by atoms with Crippen molar-refractivity contribution in [2.45, 2.75) is 11.8 Å². The normalized spacial score (nSPS) is 11.3. The highest BCUT2D eigenvalue weighted by atomic mass is 35.5. The zero-order valence-electron chi connectivity index (χ0n) is 15.5. The van der Waals surface area contributed by atoms with E-state index >= 15 is 0 Å². The van der Waals surface area contributed by atoms with Crippen molar-refractivity contribution in [2.24, 2.45) is 0 Å². The molecule has 0 aliphatic rings. The minimum Gasteiger partial charge on any atom is -0.495 e. The highest BCUT2D eigenvalue weighted by molar-refractivity contribution is 7.89. The maximum atomic E-state index is 12.3. The molecule has 2 aromatic rings. The van der Waals surface area contributed by atoms with Crippen molar-refractivity contribution in [3.63, 3.8) is 0 Å². The Bertz CT molecular complexity index is 946. The van der Waals surface area contributed by atoms with E-state index in [-0.39, 0.29) is 17.3 Å². The van der Waals surface area contributed by atoms with Crippen LogP contribution in [-0.2, 0) is 14.8 Å². The van der Waals surface area contributed by atoms with Gasteiger partial charge in [-0.1, -0.05) is 17.7 Å². The highest BCUT2D eigenvalue weighted by Gasteiger charge is 2.18. The summed E-state index contributed by atoms with van der Waals surface area (Å²) in [5.41, 5.74) is 1.86.